The Labute approximate surface area is 307 Å². The highest BCUT2D eigenvalue weighted by Gasteiger charge is 2.16. The van der Waals surface area contributed by atoms with E-state index < -0.39 is 6.10 Å². The summed E-state index contributed by atoms with van der Waals surface area (Å²) in [5.74, 6) is -0.671. The van der Waals surface area contributed by atoms with Gasteiger partial charge in [0.15, 0.2) is 6.10 Å². The Morgan fingerprint density at radius 1 is 0.480 bits per heavy atom. The Balaban J connectivity index is 3.67. The molecular formula is C45H74O5. The quantitative estimate of drug-likeness (QED) is 0.0406. The van der Waals surface area contributed by atoms with Gasteiger partial charge in [0.05, 0.1) is 6.61 Å². The van der Waals surface area contributed by atoms with Gasteiger partial charge in [-0.15, -0.1) is 0 Å². The minimum absolute atomic E-state index is 0.102. The highest BCUT2D eigenvalue weighted by Crippen LogP contribution is 2.13. The van der Waals surface area contributed by atoms with Gasteiger partial charge in [0.25, 0.3) is 0 Å². The predicted molar refractivity (Wildman–Crippen MR) is 214 cm³/mol. The van der Waals surface area contributed by atoms with E-state index in [0.717, 1.165) is 64.2 Å². The molecule has 0 spiro atoms. The molecule has 1 atom stereocenters. The van der Waals surface area contributed by atoms with E-state index in [1.54, 1.807) is 0 Å². The molecule has 0 bridgehead atoms. The van der Waals surface area contributed by atoms with E-state index >= 15 is 0 Å². The molecule has 5 nitrogen and oxygen atoms in total. The van der Waals surface area contributed by atoms with Gasteiger partial charge in [-0.3, -0.25) is 9.59 Å². The second kappa shape index (κ2) is 40.5. The van der Waals surface area contributed by atoms with Crippen LogP contribution in [0.3, 0.4) is 0 Å². The zero-order valence-electron chi connectivity index (χ0n) is 32.1. The first-order chi connectivity index (χ1) is 24.6. The number of aliphatic hydroxyl groups excluding tert-OH is 1. The van der Waals surface area contributed by atoms with Crippen molar-refractivity contribution >= 4 is 11.9 Å². The fourth-order valence-electron chi connectivity index (χ4n) is 5.15. The molecule has 1 N–H and O–H groups in total. The van der Waals surface area contributed by atoms with Crippen LogP contribution in [0.2, 0.25) is 0 Å². The summed E-state index contributed by atoms with van der Waals surface area (Å²) >= 11 is 0. The Morgan fingerprint density at radius 2 is 0.880 bits per heavy atom. The van der Waals surface area contributed by atoms with Crippen LogP contribution in [-0.2, 0) is 19.1 Å². The molecule has 0 rings (SSSR count). The Morgan fingerprint density at radius 3 is 1.36 bits per heavy atom. The molecular weight excluding hydrogens is 620 g/mol. The molecule has 5 heteroatoms. The van der Waals surface area contributed by atoms with Crippen LogP contribution in [0.4, 0.5) is 0 Å². The second-order valence-corrected chi connectivity index (χ2v) is 13.0. The Bertz CT molecular complexity index is 968. The van der Waals surface area contributed by atoms with Crippen LogP contribution in [0, 0.1) is 0 Å². The fourth-order valence-corrected chi connectivity index (χ4v) is 5.15. The molecule has 0 heterocycles. The van der Waals surface area contributed by atoms with Gasteiger partial charge in [-0.1, -0.05) is 157 Å². The van der Waals surface area contributed by atoms with Crippen LogP contribution >= 0.6 is 0 Å². The van der Waals surface area contributed by atoms with Crippen molar-refractivity contribution in [2.45, 2.75) is 174 Å². The maximum atomic E-state index is 12.2. The summed E-state index contributed by atoms with van der Waals surface area (Å²) in [6, 6.07) is 0. The molecule has 0 aromatic rings. The number of hydrogen-bond acceptors (Lipinski definition) is 5. The topological polar surface area (TPSA) is 72.8 Å². The van der Waals surface area contributed by atoms with Gasteiger partial charge >= 0.3 is 11.9 Å². The number of aliphatic hydroxyl groups is 1. The third-order valence-corrected chi connectivity index (χ3v) is 8.17. The van der Waals surface area contributed by atoms with Crippen LogP contribution in [0.5, 0.6) is 0 Å². The zero-order valence-corrected chi connectivity index (χ0v) is 32.1. The van der Waals surface area contributed by atoms with Crippen molar-refractivity contribution in [3.05, 3.63) is 85.1 Å². The van der Waals surface area contributed by atoms with Gasteiger partial charge in [-0.2, -0.15) is 0 Å². The Kier molecular flexibility index (Phi) is 38.1. The highest BCUT2D eigenvalue weighted by atomic mass is 16.6. The predicted octanol–water partition coefficient (Wildman–Crippen LogP) is 12.7. The lowest BCUT2D eigenvalue weighted by Crippen LogP contribution is -2.28. The lowest BCUT2D eigenvalue weighted by Gasteiger charge is -2.15. The van der Waals surface area contributed by atoms with Crippen molar-refractivity contribution in [1.29, 1.82) is 0 Å². The molecule has 0 saturated carbocycles. The van der Waals surface area contributed by atoms with Gasteiger partial charge < -0.3 is 14.6 Å². The molecule has 0 radical (unpaired) electrons. The van der Waals surface area contributed by atoms with Crippen molar-refractivity contribution in [2.24, 2.45) is 0 Å². The molecule has 0 aliphatic heterocycles. The number of rotatable bonds is 35. The minimum atomic E-state index is -0.801. The third kappa shape index (κ3) is 37.9. The monoisotopic (exact) mass is 695 g/mol. The molecule has 0 aromatic carbocycles. The third-order valence-electron chi connectivity index (χ3n) is 8.17. The second-order valence-electron chi connectivity index (χ2n) is 13.0. The van der Waals surface area contributed by atoms with Crippen molar-refractivity contribution in [2.75, 3.05) is 13.2 Å². The van der Waals surface area contributed by atoms with E-state index in [2.05, 4.69) is 98.9 Å². The smallest absolute Gasteiger partial charge is 0.306 e. The molecule has 284 valence electrons. The lowest BCUT2D eigenvalue weighted by molar-refractivity contribution is -0.161. The first-order valence-corrected chi connectivity index (χ1v) is 20.1. The van der Waals surface area contributed by atoms with Crippen LogP contribution in [0.25, 0.3) is 0 Å². The zero-order chi connectivity index (χ0) is 36.4. The first-order valence-electron chi connectivity index (χ1n) is 20.1. The summed E-state index contributed by atoms with van der Waals surface area (Å²) in [7, 11) is 0. The summed E-state index contributed by atoms with van der Waals surface area (Å²) in [6.45, 7) is 3.93. The molecule has 0 aliphatic carbocycles. The molecule has 50 heavy (non-hydrogen) atoms. The van der Waals surface area contributed by atoms with E-state index in [4.69, 9.17) is 9.47 Å². The molecule has 0 aliphatic rings. The number of esters is 2. The van der Waals surface area contributed by atoms with Gasteiger partial charge in [-0.25, -0.2) is 0 Å². The van der Waals surface area contributed by atoms with E-state index in [9.17, 15) is 14.7 Å². The fraction of sp³-hybridized carbons (Fsp3) is 0.644. The standard InChI is InChI=1S/C45H74O5/c1-3-5-7-9-11-13-15-17-19-21-22-24-26-28-30-32-34-36-38-40-45(48)50-43(41-46)42-49-44(47)39-37-35-33-31-29-27-25-23-20-18-16-14-12-10-8-6-4-2/h6,8,11-14,17-20,25,27,31,33,43,46H,3-5,7,9-10,15-16,21-24,26,28-30,32,34-42H2,1-2H3/b8-6-,13-11-,14-12-,19-17-,20-18-,27-25-,33-31-/t43-/m0/s1. The van der Waals surface area contributed by atoms with E-state index in [0.29, 0.717) is 19.3 Å². The maximum Gasteiger partial charge on any atom is 0.306 e. The van der Waals surface area contributed by atoms with Crippen molar-refractivity contribution in [3.63, 3.8) is 0 Å². The van der Waals surface area contributed by atoms with Gasteiger partial charge in [-0.05, 0) is 83.5 Å². The van der Waals surface area contributed by atoms with Crippen LogP contribution in [0.1, 0.15) is 168 Å². The van der Waals surface area contributed by atoms with Crippen molar-refractivity contribution in [1.82, 2.24) is 0 Å². The average molecular weight is 695 g/mol. The number of ether oxygens (including phenoxy) is 2. The molecule has 0 unspecified atom stereocenters. The Hall–Kier alpha value is -2.92. The van der Waals surface area contributed by atoms with Crippen LogP contribution in [0.15, 0.2) is 85.1 Å². The average Bonchev–Trinajstić information content (AvgIpc) is 3.12. The molecule has 0 saturated heterocycles. The van der Waals surface area contributed by atoms with Crippen LogP contribution < -0.4 is 0 Å². The first kappa shape index (κ1) is 47.1. The van der Waals surface area contributed by atoms with E-state index in [1.165, 1.54) is 70.6 Å². The number of carbonyl (C=O) groups excluding carboxylic acids is 2. The summed E-state index contributed by atoms with van der Waals surface area (Å²) < 4.78 is 10.6. The SMILES string of the molecule is CC/C=C\C/C=C\C/C=C\C/C=C\C/C=C\CCCC(=O)OC[C@H](CO)OC(=O)CCCCCCCCCCC/C=C\C/C=C\CCCCC. The van der Waals surface area contributed by atoms with Gasteiger partial charge in [0.2, 0.25) is 0 Å². The minimum Gasteiger partial charge on any atom is -0.462 e. The van der Waals surface area contributed by atoms with Crippen molar-refractivity contribution in [3.8, 4) is 0 Å². The molecule has 0 amide bonds. The molecule has 0 aromatic heterocycles. The largest absolute Gasteiger partial charge is 0.462 e. The van der Waals surface area contributed by atoms with Gasteiger partial charge in [0, 0.05) is 12.8 Å². The van der Waals surface area contributed by atoms with Crippen molar-refractivity contribution < 1.29 is 24.2 Å². The summed E-state index contributed by atoms with van der Waals surface area (Å²) in [4.78, 5) is 24.3. The van der Waals surface area contributed by atoms with Crippen LogP contribution in [-0.4, -0.2) is 36.4 Å². The van der Waals surface area contributed by atoms with E-state index in [1.807, 2.05) is 0 Å². The summed E-state index contributed by atoms with van der Waals surface area (Å²) in [6.07, 6.45) is 55.0. The number of allylic oxidation sites excluding steroid dienone is 14. The highest BCUT2D eigenvalue weighted by molar-refractivity contribution is 5.70. The maximum absolute atomic E-state index is 12.2. The van der Waals surface area contributed by atoms with E-state index in [-0.39, 0.29) is 25.2 Å². The van der Waals surface area contributed by atoms with Gasteiger partial charge in [0.1, 0.15) is 6.61 Å². The number of unbranched alkanes of at least 4 members (excludes halogenated alkanes) is 13. The number of hydrogen-bond donors (Lipinski definition) is 1. The number of carbonyl (C=O) groups is 2. The summed E-state index contributed by atoms with van der Waals surface area (Å²) in [5, 5.41) is 9.56. The lowest BCUT2D eigenvalue weighted by atomic mass is 10.1. The molecule has 0 fully saturated rings. The summed E-state index contributed by atoms with van der Waals surface area (Å²) in [5.41, 5.74) is 0. The normalized spacial score (nSPS) is 13.1.